The van der Waals surface area contributed by atoms with Crippen LogP contribution in [0.15, 0.2) is 176 Å². The molecule has 0 atom stereocenters. The molecule has 308 valence electrons. The van der Waals surface area contributed by atoms with Crippen LogP contribution in [0.25, 0.3) is 122 Å². The Hall–Kier alpha value is -7.70. The first-order valence-corrected chi connectivity index (χ1v) is 22.9. The van der Waals surface area contributed by atoms with E-state index in [1.54, 1.807) is 35.7 Å². The average Bonchev–Trinajstić information content (AvgIpc) is 4.08. The second kappa shape index (κ2) is 13.9. The number of halogens is 3. The van der Waals surface area contributed by atoms with Gasteiger partial charge < -0.3 is 9.13 Å². The predicted octanol–water partition coefficient (Wildman–Crippen LogP) is 17.8. The van der Waals surface area contributed by atoms with Crippen molar-refractivity contribution in [2.45, 2.75) is 13.1 Å². The van der Waals surface area contributed by atoms with Gasteiger partial charge >= 0.3 is 6.18 Å². The number of benzene rings is 9. The summed E-state index contributed by atoms with van der Waals surface area (Å²) in [4.78, 5) is 3.94. The molecule has 0 saturated carbocycles. The van der Waals surface area contributed by atoms with Crippen LogP contribution in [0.3, 0.4) is 0 Å². The number of thiophene rings is 2. The standard InChI is InChI=1S/C57H32F3N3S2/c1-32-12-11-17-43(57(58,59)60)52(32)33-22-27-46(62-44-18-7-3-15-40(44)53-47(62)28-25-38-36-13-5-9-20-50(36)64-55(38)53)42(30-33)35-24-23-34(61-2)31-49(35)63-45-19-8-4-16-41(45)54-48(63)29-26-39-37-14-6-10-21-51(37)65-56(39)54/h3-31H,1H3. The molecule has 0 radical (unpaired) electrons. The molecule has 13 rings (SSSR count). The number of hydrogen-bond acceptors (Lipinski definition) is 2. The van der Waals surface area contributed by atoms with Crippen LogP contribution in [-0.4, -0.2) is 9.13 Å². The maximum atomic E-state index is 15.0. The van der Waals surface area contributed by atoms with Crippen LogP contribution in [0.5, 0.6) is 0 Å². The second-order valence-electron chi connectivity index (χ2n) is 16.6. The van der Waals surface area contributed by atoms with E-state index in [1.807, 2.05) is 48.5 Å². The summed E-state index contributed by atoms with van der Waals surface area (Å²) in [6.45, 7) is 9.98. The van der Waals surface area contributed by atoms with Crippen molar-refractivity contribution in [1.82, 2.24) is 9.13 Å². The molecule has 0 amide bonds. The topological polar surface area (TPSA) is 14.2 Å². The number of aryl methyl sites for hydroxylation is 1. The van der Waals surface area contributed by atoms with Gasteiger partial charge in [0.1, 0.15) is 0 Å². The Bertz CT molecular complexity index is 4210. The summed E-state index contributed by atoms with van der Waals surface area (Å²) in [7, 11) is 0. The maximum Gasteiger partial charge on any atom is 0.417 e. The molecule has 8 heteroatoms. The Morgan fingerprint density at radius 2 is 1.03 bits per heavy atom. The van der Waals surface area contributed by atoms with Crippen LogP contribution in [0.2, 0.25) is 0 Å². The van der Waals surface area contributed by atoms with Gasteiger partial charge in [0.2, 0.25) is 0 Å². The van der Waals surface area contributed by atoms with Crippen molar-refractivity contribution in [3.05, 3.63) is 198 Å². The average molecular weight is 880 g/mol. The third kappa shape index (κ3) is 5.46. The highest BCUT2D eigenvalue weighted by atomic mass is 32.1. The van der Waals surface area contributed by atoms with Gasteiger partial charge in [-0.2, -0.15) is 13.2 Å². The van der Waals surface area contributed by atoms with Crippen molar-refractivity contribution >= 4 is 112 Å². The number of alkyl halides is 3. The summed E-state index contributed by atoms with van der Waals surface area (Å²) in [5.74, 6) is 0. The Morgan fingerprint density at radius 3 is 1.62 bits per heavy atom. The van der Waals surface area contributed by atoms with Gasteiger partial charge in [0.15, 0.2) is 5.69 Å². The molecule has 0 N–H and O–H groups in total. The summed E-state index contributed by atoms with van der Waals surface area (Å²) in [5, 5.41) is 9.21. The molecular formula is C57H32F3N3S2. The van der Waals surface area contributed by atoms with Gasteiger partial charge in [-0.3, -0.25) is 0 Å². The Labute approximate surface area is 377 Å². The smallest absolute Gasteiger partial charge is 0.310 e. The zero-order valence-corrected chi connectivity index (χ0v) is 36.2. The van der Waals surface area contributed by atoms with E-state index in [0.29, 0.717) is 16.8 Å². The van der Waals surface area contributed by atoms with Gasteiger partial charge in [-0.1, -0.05) is 115 Å². The number of rotatable bonds is 4. The lowest BCUT2D eigenvalue weighted by Gasteiger charge is -2.21. The van der Waals surface area contributed by atoms with Crippen LogP contribution in [0.4, 0.5) is 18.9 Å². The van der Waals surface area contributed by atoms with E-state index in [2.05, 4.69) is 123 Å². The van der Waals surface area contributed by atoms with Crippen LogP contribution in [-0.2, 0) is 6.18 Å². The minimum absolute atomic E-state index is 0.144. The first-order valence-electron chi connectivity index (χ1n) is 21.3. The molecule has 0 saturated heterocycles. The molecule has 3 nitrogen and oxygen atoms in total. The Morgan fingerprint density at radius 1 is 0.477 bits per heavy atom. The van der Waals surface area contributed by atoms with Crippen molar-refractivity contribution in [1.29, 1.82) is 0 Å². The third-order valence-electron chi connectivity index (χ3n) is 13.1. The summed E-state index contributed by atoms with van der Waals surface area (Å²) >= 11 is 3.55. The zero-order chi connectivity index (χ0) is 43.7. The van der Waals surface area contributed by atoms with E-state index in [9.17, 15) is 13.2 Å². The summed E-state index contributed by atoms with van der Waals surface area (Å²) in [6.07, 6.45) is -4.58. The summed E-state index contributed by atoms with van der Waals surface area (Å²) in [6, 6.07) is 58.4. The first kappa shape index (κ1) is 37.8. The van der Waals surface area contributed by atoms with Gasteiger partial charge in [-0.15, -0.1) is 22.7 Å². The minimum Gasteiger partial charge on any atom is -0.310 e. The summed E-state index contributed by atoms with van der Waals surface area (Å²) < 4.78 is 54.2. The molecule has 65 heavy (non-hydrogen) atoms. The molecule has 0 aliphatic rings. The number of nitrogens with zero attached hydrogens (tertiary/aromatic N) is 3. The van der Waals surface area contributed by atoms with Crippen molar-refractivity contribution in [2.24, 2.45) is 0 Å². The fourth-order valence-electron chi connectivity index (χ4n) is 10.4. The fourth-order valence-corrected chi connectivity index (χ4v) is 12.9. The van der Waals surface area contributed by atoms with Crippen LogP contribution >= 0.6 is 22.7 Å². The van der Waals surface area contributed by atoms with Gasteiger partial charge in [-0.25, -0.2) is 4.85 Å². The maximum absolute atomic E-state index is 15.0. The van der Waals surface area contributed by atoms with E-state index < -0.39 is 11.7 Å². The molecule has 9 aromatic carbocycles. The second-order valence-corrected chi connectivity index (χ2v) is 18.7. The molecule has 0 unspecified atom stereocenters. The SMILES string of the molecule is [C-]#[N+]c1ccc(-c2cc(-c3c(C)cccc3C(F)(F)F)ccc2-n2c3ccccc3c3c4sc5ccccc5c4ccc32)c(-n2c3ccccc3c3c4sc5ccccc5c4ccc32)c1. The molecule has 4 aromatic heterocycles. The van der Waals surface area contributed by atoms with Gasteiger partial charge in [0.25, 0.3) is 0 Å². The van der Waals surface area contributed by atoms with Crippen LogP contribution in [0.1, 0.15) is 11.1 Å². The number of hydrogen-bond donors (Lipinski definition) is 0. The fraction of sp³-hybridized carbons (Fsp3) is 0.0351. The highest BCUT2D eigenvalue weighted by Gasteiger charge is 2.35. The van der Waals surface area contributed by atoms with Crippen molar-refractivity contribution in [2.75, 3.05) is 0 Å². The monoisotopic (exact) mass is 879 g/mol. The van der Waals surface area contributed by atoms with Crippen molar-refractivity contribution < 1.29 is 13.2 Å². The molecule has 4 heterocycles. The van der Waals surface area contributed by atoms with E-state index >= 15 is 0 Å². The molecule has 13 aromatic rings. The molecule has 0 fully saturated rings. The highest BCUT2D eigenvalue weighted by Crippen LogP contribution is 2.49. The molecule has 0 spiro atoms. The van der Waals surface area contributed by atoms with Gasteiger partial charge in [0, 0.05) is 78.7 Å². The van der Waals surface area contributed by atoms with Crippen LogP contribution < -0.4 is 0 Å². The number of para-hydroxylation sites is 2. The number of fused-ring (bicyclic) bond motifs is 14. The normalized spacial score (nSPS) is 12.3. The van der Waals surface area contributed by atoms with E-state index in [-0.39, 0.29) is 5.56 Å². The molecule has 0 aliphatic heterocycles. The van der Waals surface area contributed by atoms with E-state index in [1.165, 1.54) is 52.5 Å². The van der Waals surface area contributed by atoms with Crippen molar-refractivity contribution in [3.63, 3.8) is 0 Å². The minimum atomic E-state index is -4.58. The van der Waals surface area contributed by atoms with Crippen LogP contribution in [0, 0.1) is 13.5 Å². The Kier molecular flexibility index (Phi) is 8.09. The molecule has 0 aliphatic carbocycles. The first-order chi connectivity index (χ1) is 31.8. The third-order valence-corrected chi connectivity index (χ3v) is 15.5. The van der Waals surface area contributed by atoms with E-state index in [0.717, 1.165) is 66.1 Å². The Balaban J connectivity index is 1.17. The van der Waals surface area contributed by atoms with E-state index in [4.69, 9.17) is 6.57 Å². The summed E-state index contributed by atoms with van der Waals surface area (Å²) in [5.41, 5.74) is 7.92. The number of aromatic nitrogens is 2. The largest absolute Gasteiger partial charge is 0.417 e. The zero-order valence-electron chi connectivity index (χ0n) is 34.5. The molecular weight excluding hydrogens is 848 g/mol. The lowest BCUT2D eigenvalue weighted by Crippen LogP contribution is -2.08. The quantitative estimate of drug-likeness (QED) is 0.156. The van der Waals surface area contributed by atoms with Gasteiger partial charge in [0.05, 0.1) is 39.9 Å². The van der Waals surface area contributed by atoms with Crippen molar-refractivity contribution in [3.8, 4) is 33.6 Å². The lowest BCUT2D eigenvalue weighted by atomic mass is 9.91. The predicted molar refractivity (Wildman–Crippen MR) is 268 cm³/mol. The van der Waals surface area contributed by atoms with Gasteiger partial charge in [-0.05, 0) is 84.3 Å². The highest BCUT2D eigenvalue weighted by molar-refractivity contribution is 7.27. The molecule has 0 bridgehead atoms. The lowest BCUT2D eigenvalue weighted by molar-refractivity contribution is -0.137.